The third-order valence-corrected chi connectivity index (χ3v) is 6.75. The predicted molar refractivity (Wildman–Crippen MR) is 126 cm³/mol. The average Bonchev–Trinajstić information content (AvgIpc) is 2.72. The number of hydrogen-bond donors (Lipinski definition) is 1. The molecule has 0 spiro atoms. The van der Waals surface area contributed by atoms with Gasteiger partial charge in [-0.25, -0.2) is 0 Å². The summed E-state index contributed by atoms with van der Waals surface area (Å²) in [6.45, 7) is 9.88. The molecule has 170 valence electrons. The van der Waals surface area contributed by atoms with Gasteiger partial charge < -0.3 is 10.1 Å². The number of rotatable bonds is 13. The minimum atomic E-state index is -0.0149. The fourth-order valence-electron chi connectivity index (χ4n) is 4.80. The first-order valence-electron chi connectivity index (χ1n) is 12.5. The highest BCUT2D eigenvalue weighted by Crippen LogP contribution is 2.35. The Morgan fingerprint density at radius 3 is 2.53 bits per heavy atom. The number of ether oxygens (including phenoxy) is 1. The second kappa shape index (κ2) is 13.9. The van der Waals surface area contributed by atoms with Gasteiger partial charge >= 0.3 is 5.97 Å². The van der Waals surface area contributed by atoms with Crippen LogP contribution < -0.4 is 5.32 Å². The second-order valence-corrected chi connectivity index (χ2v) is 9.82. The van der Waals surface area contributed by atoms with Crippen LogP contribution in [0.15, 0.2) is 30.3 Å². The van der Waals surface area contributed by atoms with Gasteiger partial charge in [-0.05, 0) is 42.6 Å². The van der Waals surface area contributed by atoms with Crippen molar-refractivity contribution in [1.82, 2.24) is 5.32 Å². The molecule has 3 heteroatoms. The summed E-state index contributed by atoms with van der Waals surface area (Å²) >= 11 is 0. The van der Waals surface area contributed by atoms with Crippen molar-refractivity contribution in [2.24, 2.45) is 17.8 Å². The van der Waals surface area contributed by atoms with E-state index in [2.05, 4.69) is 57.3 Å². The van der Waals surface area contributed by atoms with Crippen LogP contribution in [0.25, 0.3) is 0 Å². The quantitative estimate of drug-likeness (QED) is 0.281. The van der Waals surface area contributed by atoms with Crippen molar-refractivity contribution in [3.8, 4) is 0 Å². The highest BCUT2D eigenvalue weighted by Gasteiger charge is 2.33. The van der Waals surface area contributed by atoms with Crippen LogP contribution >= 0.6 is 0 Å². The largest absolute Gasteiger partial charge is 0.462 e. The van der Waals surface area contributed by atoms with Crippen LogP contribution in [0.3, 0.4) is 0 Å². The van der Waals surface area contributed by atoms with Gasteiger partial charge in [-0.3, -0.25) is 4.79 Å². The van der Waals surface area contributed by atoms with Gasteiger partial charge in [0.15, 0.2) is 0 Å². The molecular weight excluding hydrogens is 370 g/mol. The van der Waals surface area contributed by atoms with Crippen molar-refractivity contribution in [2.75, 3.05) is 0 Å². The van der Waals surface area contributed by atoms with Crippen molar-refractivity contribution >= 4 is 5.97 Å². The summed E-state index contributed by atoms with van der Waals surface area (Å²) in [6.07, 6.45) is 11.4. The van der Waals surface area contributed by atoms with Crippen molar-refractivity contribution in [2.45, 2.75) is 111 Å². The summed E-state index contributed by atoms with van der Waals surface area (Å²) in [5, 5.41) is 3.64. The molecule has 0 amide bonds. The third-order valence-electron chi connectivity index (χ3n) is 6.75. The first kappa shape index (κ1) is 24.9. The smallest absolute Gasteiger partial charge is 0.307 e. The number of benzene rings is 1. The lowest BCUT2D eigenvalue weighted by Gasteiger charge is -2.37. The molecule has 1 aliphatic rings. The number of esters is 1. The molecule has 1 saturated carbocycles. The van der Waals surface area contributed by atoms with Crippen LogP contribution in [0.1, 0.15) is 97.5 Å². The predicted octanol–water partition coefficient (Wildman–Crippen LogP) is 6.90. The number of nitrogens with one attached hydrogen (secondary N) is 1. The van der Waals surface area contributed by atoms with Crippen LogP contribution in [-0.4, -0.2) is 18.1 Å². The maximum Gasteiger partial charge on any atom is 0.307 e. The van der Waals surface area contributed by atoms with Crippen LogP contribution in [0.2, 0.25) is 0 Å². The van der Waals surface area contributed by atoms with E-state index in [4.69, 9.17) is 4.74 Å². The molecule has 0 unspecified atom stereocenters. The third kappa shape index (κ3) is 9.20. The van der Waals surface area contributed by atoms with Crippen LogP contribution in [0, 0.1) is 17.8 Å². The molecule has 0 aromatic heterocycles. The molecule has 3 nitrogen and oxygen atoms in total. The van der Waals surface area contributed by atoms with E-state index in [0.29, 0.717) is 24.2 Å². The van der Waals surface area contributed by atoms with E-state index in [9.17, 15) is 4.79 Å². The molecule has 0 saturated heterocycles. The Morgan fingerprint density at radius 1 is 1.10 bits per heavy atom. The first-order valence-corrected chi connectivity index (χ1v) is 12.5. The summed E-state index contributed by atoms with van der Waals surface area (Å²) in [5.41, 5.74) is 1.27. The van der Waals surface area contributed by atoms with E-state index in [1.807, 2.05) is 6.07 Å². The minimum Gasteiger partial charge on any atom is -0.462 e. The summed E-state index contributed by atoms with van der Waals surface area (Å²) < 4.78 is 6.08. The SMILES string of the molecule is CCCCCCC[C@H](CC(=O)O[C@@H]1C[C@H](C)CC[C@H]1C(C)C)NCc1ccccc1. The van der Waals surface area contributed by atoms with Gasteiger partial charge in [-0.1, -0.05) is 96.6 Å². The van der Waals surface area contributed by atoms with Gasteiger partial charge in [-0.2, -0.15) is 0 Å². The van der Waals surface area contributed by atoms with Crippen molar-refractivity contribution < 1.29 is 9.53 Å². The van der Waals surface area contributed by atoms with Crippen molar-refractivity contribution in [3.63, 3.8) is 0 Å². The zero-order valence-corrected chi connectivity index (χ0v) is 19.9. The van der Waals surface area contributed by atoms with Gasteiger partial charge in [0.25, 0.3) is 0 Å². The van der Waals surface area contributed by atoms with Gasteiger partial charge in [0, 0.05) is 12.6 Å². The number of hydrogen-bond acceptors (Lipinski definition) is 3. The van der Waals surface area contributed by atoms with E-state index in [1.165, 1.54) is 50.5 Å². The normalized spacial score (nSPS) is 22.8. The van der Waals surface area contributed by atoms with E-state index >= 15 is 0 Å². The molecule has 1 aliphatic carbocycles. The van der Waals surface area contributed by atoms with E-state index in [-0.39, 0.29) is 18.1 Å². The Labute approximate surface area is 185 Å². The summed E-state index contributed by atoms with van der Waals surface area (Å²) in [7, 11) is 0. The minimum absolute atomic E-state index is 0.0149. The van der Waals surface area contributed by atoms with Crippen LogP contribution in [0.5, 0.6) is 0 Å². The Kier molecular flexibility index (Phi) is 11.5. The number of carbonyl (C=O) groups is 1. The van der Waals surface area contributed by atoms with Gasteiger partial charge in [0.1, 0.15) is 6.10 Å². The monoisotopic (exact) mass is 415 g/mol. The second-order valence-electron chi connectivity index (χ2n) is 9.82. The first-order chi connectivity index (χ1) is 14.5. The molecule has 1 fully saturated rings. The highest BCUT2D eigenvalue weighted by molar-refractivity contribution is 5.70. The number of carbonyl (C=O) groups excluding carboxylic acids is 1. The average molecular weight is 416 g/mol. The molecule has 30 heavy (non-hydrogen) atoms. The molecule has 1 aromatic carbocycles. The number of unbranched alkanes of at least 4 members (excludes halogenated alkanes) is 4. The molecule has 4 atom stereocenters. The lowest BCUT2D eigenvalue weighted by molar-refractivity contribution is -0.156. The van der Waals surface area contributed by atoms with Gasteiger partial charge in [-0.15, -0.1) is 0 Å². The molecule has 0 heterocycles. The maximum absolute atomic E-state index is 12.9. The van der Waals surface area contributed by atoms with E-state index in [1.54, 1.807) is 0 Å². The Morgan fingerprint density at radius 2 is 1.83 bits per heavy atom. The molecular formula is C27H45NO2. The van der Waals surface area contributed by atoms with Gasteiger partial charge in [0.2, 0.25) is 0 Å². The van der Waals surface area contributed by atoms with E-state index < -0.39 is 0 Å². The van der Waals surface area contributed by atoms with Crippen LogP contribution in [-0.2, 0) is 16.1 Å². The molecule has 0 aliphatic heterocycles. The summed E-state index contributed by atoms with van der Waals surface area (Å²) in [5.74, 6) is 1.72. The molecule has 2 rings (SSSR count). The fourth-order valence-corrected chi connectivity index (χ4v) is 4.80. The van der Waals surface area contributed by atoms with Crippen molar-refractivity contribution in [1.29, 1.82) is 0 Å². The zero-order chi connectivity index (χ0) is 21.8. The Bertz CT molecular complexity index is 586. The lowest BCUT2D eigenvalue weighted by Crippen LogP contribution is -2.38. The lowest BCUT2D eigenvalue weighted by atomic mass is 9.75. The molecule has 0 bridgehead atoms. The standard InChI is InChI=1S/C27H45NO2/c1-5-6-7-8-12-15-24(28-20-23-13-10-9-11-14-23)19-27(29)30-26-18-22(4)16-17-25(26)21(2)3/h9-11,13-14,21-22,24-26,28H,5-8,12,15-20H2,1-4H3/t22-,24-,25+,26-/m1/s1. The Balaban J connectivity index is 1.88. The molecule has 1 N–H and O–H groups in total. The Hall–Kier alpha value is -1.35. The molecule has 0 radical (unpaired) electrons. The topological polar surface area (TPSA) is 38.3 Å². The fraction of sp³-hybridized carbons (Fsp3) is 0.741. The molecule has 1 aromatic rings. The zero-order valence-electron chi connectivity index (χ0n) is 19.9. The van der Waals surface area contributed by atoms with Gasteiger partial charge in [0.05, 0.1) is 6.42 Å². The maximum atomic E-state index is 12.9. The van der Waals surface area contributed by atoms with E-state index in [0.717, 1.165) is 19.4 Å². The summed E-state index contributed by atoms with van der Waals surface area (Å²) in [6, 6.07) is 10.7. The van der Waals surface area contributed by atoms with Crippen molar-refractivity contribution in [3.05, 3.63) is 35.9 Å². The highest BCUT2D eigenvalue weighted by atomic mass is 16.5. The van der Waals surface area contributed by atoms with Crippen LogP contribution in [0.4, 0.5) is 0 Å². The summed E-state index contributed by atoms with van der Waals surface area (Å²) in [4.78, 5) is 12.9.